The van der Waals surface area contributed by atoms with Crippen molar-refractivity contribution in [3.05, 3.63) is 95.6 Å². The second kappa shape index (κ2) is 6.52. The third-order valence-corrected chi connectivity index (χ3v) is 4.64. The molecule has 116 valence electrons. The van der Waals surface area contributed by atoms with Crippen LogP contribution in [0, 0.1) is 5.82 Å². The summed E-state index contributed by atoms with van der Waals surface area (Å²) in [6.45, 7) is 0. The summed E-state index contributed by atoms with van der Waals surface area (Å²) in [6.07, 6.45) is 5.19. The van der Waals surface area contributed by atoms with Crippen molar-refractivity contribution in [2.24, 2.45) is 0 Å². The van der Waals surface area contributed by atoms with E-state index >= 15 is 0 Å². The molecule has 4 heteroatoms. The lowest BCUT2D eigenvalue weighted by Crippen LogP contribution is -2.31. The SMILES string of the molecule is CSc1ccncc1[C@](O)(c1ccccc1)c1ccccc1F. The van der Waals surface area contributed by atoms with E-state index in [-0.39, 0.29) is 5.56 Å². The molecule has 3 rings (SSSR count). The molecule has 0 fully saturated rings. The lowest BCUT2D eigenvalue weighted by Gasteiger charge is -2.31. The van der Waals surface area contributed by atoms with E-state index in [4.69, 9.17) is 0 Å². The highest BCUT2D eigenvalue weighted by atomic mass is 32.2. The summed E-state index contributed by atoms with van der Waals surface area (Å²) in [7, 11) is 0. The smallest absolute Gasteiger partial charge is 0.145 e. The van der Waals surface area contributed by atoms with Gasteiger partial charge >= 0.3 is 0 Å². The Morgan fingerprint density at radius 2 is 1.65 bits per heavy atom. The summed E-state index contributed by atoms with van der Waals surface area (Å²) in [5, 5.41) is 11.6. The molecular weight excluding hydrogens is 309 g/mol. The van der Waals surface area contributed by atoms with Gasteiger partial charge in [-0.15, -0.1) is 11.8 Å². The molecular formula is C19H16FNOS. The van der Waals surface area contributed by atoms with E-state index < -0.39 is 11.4 Å². The van der Waals surface area contributed by atoms with Crippen molar-refractivity contribution in [2.75, 3.05) is 6.26 Å². The van der Waals surface area contributed by atoms with Crippen LogP contribution in [-0.2, 0) is 5.60 Å². The minimum atomic E-state index is -1.60. The van der Waals surface area contributed by atoms with Crippen molar-refractivity contribution in [3.8, 4) is 0 Å². The fourth-order valence-corrected chi connectivity index (χ4v) is 3.34. The Morgan fingerprint density at radius 3 is 2.35 bits per heavy atom. The van der Waals surface area contributed by atoms with Crippen LogP contribution in [0.5, 0.6) is 0 Å². The van der Waals surface area contributed by atoms with Crippen molar-refractivity contribution < 1.29 is 9.50 Å². The Bertz CT molecular complexity index is 809. The number of benzene rings is 2. The molecule has 1 aromatic heterocycles. The number of pyridine rings is 1. The van der Waals surface area contributed by atoms with E-state index in [9.17, 15) is 9.50 Å². The Kier molecular flexibility index (Phi) is 4.46. The highest BCUT2D eigenvalue weighted by Crippen LogP contribution is 2.41. The first-order valence-electron chi connectivity index (χ1n) is 7.19. The third kappa shape index (κ3) is 2.76. The fourth-order valence-electron chi connectivity index (χ4n) is 2.72. The van der Waals surface area contributed by atoms with Gasteiger partial charge in [0.1, 0.15) is 11.4 Å². The number of aromatic nitrogens is 1. The van der Waals surface area contributed by atoms with Crippen LogP contribution in [0.1, 0.15) is 16.7 Å². The van der Waals surface area contributed by atoms with Crippen molar-refractivity contribution in [1.29, 1.82) is 0 Å². The zero-order valence-electron chi connectivity index (χ0n) is 12.6. The van der Waals surface area contributed by atoms with Gasteiger partial charge in [-0.05, 0) is 24.0 Å². The Balaban J connectivity index is 2.34. The Labute approximate surface area is 139 Å². The van der Waals surface area contributed by atoms with Crippen molar-refractivity contribution in [1.82, 2.24) is 4.98 Å². The molecule has 1 heterocycles. The summed E-state index contributed by atoms with van der Waals surface area (Å²) in [4.78, 5) is 5.00. The van der Waals surface area contributed by atoms with Gasteiger partial charge in [-0.25, -0.2) is 4.39 Å². The van der Waals surface area contributed by atoms with E-state index in [0.717, 1.165) is 4.90 Å². The number of nitrogens with zero attached hydrogens (tertiary/aromatic N) is 1. The van der Waals surface area contributed by atoms with Gasteiger partial charge in [-0.1, -0.05) is 48.5 Å². The molecule has 0 aliphatic carbocycles. The maximum Gasteiger partial charge on any atom is 0.145 e. The van der Waals surface area contributed by atoms with Gasteiger partial charge in [-0.2, -0.15) is 0 Å². The molecule has 0 bridgehead atoms. The van der Waals surface area contributed by atoms with Crippen LogP contribution in [0.4, 0.5) is 4.39 Å². The number of halogens is 1. The highest BCUT2D eigenvalue weighted by Gasteiger charge is 2.38. The second-order valence-electron chi connectivity index (χ2n) is 5.13. The van der Waals surface area contributed by atoms with Crippen LogP contribution >= 0.6 is 11.8 Å². The van der Waals surface area contributed by atoms with Crippen molar-refractivity contribution in [2.45, 2.75) is 10.5 Å². The lowest BCUT2D eigenvalue weighted by atomic mass is 9.81. The largest absolute Gasteiger partial charge is 0.376 e. The highest BCUT2D eigenvalue weighted by molar-refractivity contribution is 7.98. The first kappa shape index (κ1) is 15.7. The maximum absolute atomic E-state index is 14.5. The molecule has 3 aromatic rings. The number of hydrogen-bond acceptors (Lipinski definition) is 3. The molecule has 0 aliphatic rings. The van der Waals surface area contributed by atoms with Gasteiger partial charge in [0.15, 0.2) is 0 Å². The number of hydrogen-bond donors (Lipinski definition) is 1. The van der Waals surface area contributed by atoms with Crippen molar-refractivity contribution in [3.63, 3.8) is 0 Å². The molecule has 2 aromatic carbocycles. The van der Waals surface area contributed by atoms with E-state index in [0.29, 0.717) is 11.1 Å². The predicted molar refractivity (Wildman–Crippen MR) is 91.0 cm³/mol. The molecule has 0 radical (unpaired) electrons. The van der Waals surface area contributed by atoms with E-state index in [1.54, 1.807) is 42.7 Å². The summed E-state index contributed by atoms with van der Waals surface area (Å²) in [5.74, 6) is -0.449. The summed E-state index contributed by atoms with van der Waals surface area (Å²) in [5.41, 5.74) is -0.203. The zero-order valence-corrected chi connectivity index (χ0v) is 13.4. The van der Waals surface area contributed by atoms with Gasteiger partial charge in [0.25, 0.3) is 0 Å². The standard InChI is InChI=1S/C19H16FNOS/c1-23-18-11-12-21-13-16(18)19(22,14-7-3-2-4-8-14)15-9-5-6-10-17(15)20/h2-13,22H,1H3/t19-/m0/s1. The van der Waals surface area contributed by atoms with Gasteiger partial charge in [0.2, 0.25) is 0 Å². The third-order valence-electron chi connectivity index (χ3n) is 3.85. The predicted octanol–water partition coefficient (Wildman–Crippen LogP) is 4.23. The van der Waals surface area contributed by atoms with Crippen LogP contribution in [-0.4, -0.2) is 16.3 Å². The normalized spacial score (nSPS) is 13.5. The minimum Gasteiger partial charge on any atom is -0.376 e. The van der Waals surface area contributed by atoms with Crippen molar-refractivity contribution >= 4 is 11.8 Å². The van der Waals surface area contributed by atoms with Crippen LogP contribution in [0.3, 0.4) is 0 Å². The second-order valence-corrected chi connectivity index (χ2v) is 5.98. The van der Waals surface area contributed by atoms with Gasteiger partial charge in [0.05, 0.1) is 0 Å². The van der Waals surface area contributed by atoms with Gasteiger partial charge in [-0.3, -0.25) is 4.98 Å². The number of aliphatic hydroxyl groups is 1. The first-order valence-corrected chi connectivity index (χ1v) is 8.41. The summed E-state index contributed by atoms with van der Waals surface area (Å²) >= 11 is 1.50. The number of thioether (sulfide) groups is 1. The molecule has 0 aliphatic heterocycles. The summed E-state index contributed by atoms with van der Waals surface area (Å²) in [6, 6.07) is 17.3. The fraction of sp³-hybridized carbons (Fsp3) is 0.105. The average Bonchev–Trinajstić information content (AvgIpc) is 2.62. The Morgan fingerprint density at radius 1 is 0.957 bits per heavy atom. The summed E-state index contributed by atoms with van der Waals surface area (Å²) < 4.78 is 14.5. The van der Waals surface area contributed by atoms with Gasteiger partial charge in [0, 0.05) is 28.4 Å². The first-order chi connectivity index (χ1) is 11.2. The van der Waals surface area contributed by atoms with Crippen LogP contribution in [0.2, 0.25) is 0 Å². The van der Waals surface area contributed by atoms with Crippen LogP contribution < -0.4 is 0 Å². The quantitative estimate of drug-likeness (QED) is 0.729. The van der Waals surface area contributed by atoms with E-state index in [2.05, 4.69) is 4.98 Å². The molecule has 2 nitrogen and oxygen atoms in total. The molecule has 0 amide bonds. The maximum atomic E-state index is 14.5. The molecule has 0 unspecified atom stereocenters. The van der Waals surface area contributed by atoms with Crippen LogP contribution in [0.15, 0.2) is 78.0 Å². The lowest BCUT2D eigenvalue weighted by molar-refractivity contribution is 0.118. The van der Waals surface area contributed by atoms with Gasteiger partial charge < -0.3 is 5.11 Å². The molecule has 0 saturated carbocycles. The average molecular weight is 325 g/mol. The molecule has 0 saturated heterocycles. The molecule has 1 N–H and O–H groups in total. The van der Waals surface area contributed by atoms with E-state index in [1.165, 1.54) is 17.8 Å². The topological polar surface area (TPSA) is 33.1 Å². The monoisotopic (exact) mass is 325 g/mol. The van der Waals surface area contributed by atoms with Crippen LogP contribution in [0.25, 0.3) is 0 Å². The minimum absolute atomic E-state index is 0.217. The molecule has 23 heavy (non-hydrogen) atoms. The Hall–Kier alpha value is -2.17. The zero-order chi connectivity index (χ0) is 16.3. The molecule has 1 atom stereocenters. The number of rotatable bonds is 4. The van der Waals surface area contributed by atoms with E-state index in [1.807, 2.05) is 30.5 Å². The molecule has 0 spiro atoms.